The summed E-state index contributed by atoms with van der Waals surface area (Å²) in [5.41, 5.74) is 5.97. The van der Waals surface area contributed by atoms with Crippen LogP contribution in [0.4, 0.5) is 0 Å². The molecule has 5 aromatic rings. The molecule has 43 heavy (non-hydrogen) atoms. The Labute approximate surface area is 257 Å². The number of hydrogen-bond donors (Lipinski definition) is 0. The van der Waals surface area contributed by atoms with Gasteiger partial charge in [-0.1, -0.05) is 109 Å². The van der Waals surface area contributed by atoms with Crippen LogP contribution in [-0.4, -0.2) is 20.5 Å². The zero-order valence-corrected chi connectivity index (χ0v) is 26.7. The lowest BCUT2D eigenvalue weighted by atomic mass is 9.99. The fraction of sp³-hybridized carbons (Fsp3) is 0.135. The Morgan fingerprint density at radius 3 is 2.12 bits per heavy atom. The minimum Gasteiger partial charge on any atom is -0.497 e. The summed E-state index contributed by atoms with van der Waals surface area (Å²) in [5, 5.41) is 12.4. The molecule has 214 valence electrons. The highest BCUT2D eigenvalue weighted by molar-refractivity contribution is 7.27. The Morgan fingerprint density at radius 1 is 0.767 bits per heavy atom. The molecule has 6 heteroatoms. The molecule has 0 amide bonds. The normalized spacial score (nSPS) is 11.3. The minimum atomic E-state index is -1.99. The van der Waals surface area contributed by atoms with Crippen molar-refractivity contribution in [2.75, 3.05) is 6.23 Å². The number of rotatable bonds is 11. The van der Waals surface area contributed by atoms with E-state index >= 15 is 0 Å². The zero-order chi connectivity index (χ0) is 30.1. The van der Waals surface area contributed by atoms with E-state index < -0.39 is 8.07 Å². The lowest BCUT2D eigenvalue weighted by molar-refractivity contribution is 0.305. The second-order valence-corrected chi connectivity index (χ2v) is 16.4. The summed E-state index contributed by atoms with van der Waals surface area (Å²) in [7, 11) is 0.705. The summed E-state index contributed by atoms with van der Waals surface area (Å²) in [6.45, 7) is 5.71. The van der Waals surface area contributed by atoms with E-state index in [1.54, 1.807) is 0 Å². The molecular weight excluding hydrogens is 563 g/mol. The third kappa shape index (κ3) is 8.29. The van der Waals surface area contributed by atoms with Crippen LogP contribution < -0.4 is 20.0 Å². The van der Waals surface area contributed by atoms with Gasteiger partial charge in [-0.3, -0.25) is 4.99 Å². The molecule has 0 heterocycles. The summed E-state index contributed by atoms with van der Waals surface area (Å²) in [5.74, 6) is 1.62. The van der Waals surface area contributed by atoms with Crippen molar-refractivity contribution in [3.05, 3.63) is 144 Å². The van der Waals surface area contributed by atoms with Gasteiger partial charge in [0.25, 0.3) is 0 Å². The summed E-state index contributed by atoms with van der Waals surface area (Å²) in [6.07, 6.45) is 2.50. The molecule has 4 nitrogen and oxygen atoms in total. The molecule has 0 saturated carbocycles. The van der Waals surface area contributed by atoms with Crippen LogP contribution in [0.3, 0.4) is 0 Å². The van der Waals surface area contributed by atoms with Gasteiger partial charge in [0.1, 0.15) is 26.2 Å². The third-order valence-corrected chi connectivity index (χ3v) is 10.4. The molecule has 0 aliphatic carbocycles. The van der Waals surface area contributed by atoms with E-state index in [1.165, 1.54) is 10.8 Å². The molecule has 0 radical (unpaired) electrons. The van der Waals surface area contributed by atoms with E-state index in [9.17, 15) is 5.26 Å². The summed E-state index contributed by atoms with van der Waals surface area (Å²) in [4.78, 5) is 4.56. The lowest BCUT2D eigenvalue weighted by Crippen LogP contribution is -2.47. The number of nitrogens with zero attached hydrogens (tertiary/aromatic N) is 2. The molecule has 0 saturated heterocycles. The first-order valence-electron chi connectivity index (χ1n) is 14.3. The molecule has 0 aromatic heterocycles. The number of ether oxygens (including phenoxy) is 2. The van der Waals surface area contributed by atoms with Gasteiger partial charge >= 0.3 is 0 Å². The van der Waals surface area contributed by atoms with Gasteiger partial charge in [-0.15, -0.1) is 9.24 Å². The van der Waals surface area contributed by atoms with Crippen molar-refractivity contribution in [1.82, 2.24) is 0 Å². The molecule has 0 aliphatic rings. The van der Waals surface area contributed by atoms with Gasteiger partial charge in [0, 0.05) is 6.21 Å². The van der Waals surface area contributed by atoms with Crippen LogP contribution in [0, 0.1) is 11.3 Å². The average molecular weight is 599 g/mol. The van der Waals surface area contributed by atoms with E-state index in [2.05, 4.69) is 94.1 Å². The molecule has 0 spiro atoms. The first-order valence-corrected chi connectivity index (χ1v) is 18.1. The van der Waals surface area contributed by atoms with Crippen LogP contribution in [-0.2, 0) is 13.2 Å². The molecule has 1 atom stereocenters. The highest BCUT2D eigenvalue weighted by atomic mass is 31.0. The molecule has 0 bridgehead atoms. The standard InChI is InChI=1S/C37H35N2O2PSi/c1-43(2,27-41-34-16-14-33(15-17-34)40-26-30-10-18-35(42)19-11-30)36-20-21-37(32(22-36)23-38)31-12-8-29(9-13-31)25-39-24-28-6-4-3-5-7-28/h3-22,25H,24,26-27,42H2,1-2H3. The van der Waals surface area contributed by atoms with Crippen LogP contribution in [0.15, 0.2) is 126 Å². The maximum Gasteiger partial charge on any atom is 0.124 e. The number of nitriles is 1. The van der Waals surface area contributed by atoms with Gasteiger partial charge in [0.05, 0.1) is 24.4 Å². The zero-order valence-electron chi connectivity index (χ0n) is 24.5. The number of benzene rings is 5. The first kappa shape index (κ1) is 30.0. The predicted molar refractivity (Wildman–Crippen MR) is 184 cm³/mol. The fourth-order valence-electron chi connectivity index (χ4n) is 4.66. The van der Waals surface area contributed by atoms with Crippen LogP contribution in [0.1, 0.15) is 22.3 Å². The van der Waals surface area contributed by atoms with Gasteiger partial charge in [-0.25, -0.2) is 0 Å². The van der Waals surface area contributed by atoms with Crippen molar-refractivity contribution in [3.8, 4) is 28.7 Å². The first-order chi connectivity index (χ1) is 20.9. The van der Waals surface area contributed by atoms with Gasteiger partial charge in [-0.05, 0) is 63.5 Å². The second kappa shape index (κ2) is 14.1. The predicted octanol–water partition coefficient (Wildman–Crippen LogP) is 7.46. The average Bonchev–Trinajstić information content (AvgIpc) is 3.04. The topological polar surface area (TPSA) is 54.6 Å². The molecule has 5 aromatic carbocycles. The smallest absolute Gasteiger partial charge is 0.124 e. The second-order valence-electron chi connectivity index (χ2n) is 11.1. The summed E-state index contributed by atoms with van der Waals surface area (Å²) in [6, 6.07) is 43.1. The van der Waals surface area contributed by atoms with Crippen molar-refractivity contribution in [2.24, 2.45) is 4.99 Å². The van der Waals surface area contributed by atoms with Crippen molar-refractivity contribution in [2.45, 2.75) is 26.2 Å². The quantitative estimate of drug-likeness (QED) is 0.0901. The van der Waals surface area contributed by atoms with Crippen molar-refractivity contribution in [1.29, 1.82) is 5.26 Å². The van der Waals surface area contributed by atoms with Crippen LogP contribution in [0.2, 0.25) is 13.1 Å². The molecule has 0 fully saturated rings. The van der Waals surface area contributed by atoms with Crippen molar-refractivity contribution < 1.29 is 9.47 Å². The summed E-state index contributed by atoms with van der Waals surface area (Å²) < 4.78 is 12.2. The van der Waals surface area contributed by atoms with E-state index in [4.69, 9.17) is 9.47 Å². The van der Waals surface area contributed by atoms with Gasteiger partial charge < -0.3 is 9.47 Å². The van der Waals surface area contributed by atoms with Crippen LogP contribution >= 0.6 is 9.24 Å². The Kier molecular flexibility index (Phi) is 9.84. The Morgan fingerprint density at radius 2 is 1.44 bits per heavy atom. The maximum atomic E-state index is 10.0. The van der Waals surface area contributed by atoms with Crippen molar-refractivity contribution >= 4 is 34.0 Å². The number of hydrogen-bond acceptors (Lipinski definition) is 4. The maximum absolute atomic E-state index is 10.0. The molecule has 1 unspecified atom stereocenters. The highest BCUT2D eigenvalue weighted by Crippen LogP contribution is 2.25. The molecule has 5 rings (SSSR count). The monoisotopic (exact) mass is 598 g/mol. The SMILES string of the molecule is C[Si](C)(COc1ccc(OCc2ccc(P)cc2)cc1)c1ccc(-c2ccc(C=NCc3ccccc3)cc2)c(C#N)c1. The highest BCUT2D eigenvalue weighted by Gasteiger charge is 2.26. The summed E-state index contributed by atoms with van der Waals surface area (Å²) >= 11 is 0. The van der Waals surface area contributed by atoms with Gasteiger partial charge in [-0.2, -0.15) is 5.26 Å². The largest absolute Gasteiger partial charge is 0.497 e. The fourth-order valence-corrected chi connectivity index (χ4v) is 6.61. The molecular formula is C37H35N2O2PSi. The van der Waals surface area contributed by atoms with Crippen molar-refractivity contribution in [3.63, 3.8) is 0 Å². The Bertz CT molecular complexity index is 1710. The van der Waals surface area contributed by atoms with Gasteiger partial charge in [0.2, 0.25) is 0 Å². The lowest BCUT2D eigenvalue weighted by Gasteiger charge is -2.24. The van der Waals surface area contributed by atoms with E-state index in [-0.39, 0.29) is 0 Å². The van der Waals surface area contributed by atoms with Crippen LogP contribution in [0.5, 0.6) is 11.5 Å². The van der Waals surface area contributed by atoms with Gasteiger partial charge in [0.15, 0.2) is 0 Å². The molecule has 0 aliphatic heterocycles. The molecule has 0 N–H and O–H groups in total. The minimum absolute atomic E-state index is 0.523. The Balaban J connectivity index is 1.19. The third-order valence-electron chi connectivity index (χ3n) is 7.31. The van der Waals surface area contributed by atoms with E-state index in [1.807, 2.05) is 66.9 Å². The van der Waals surface area contributed by atoms with Crippen LogP contribution in [0.25, 0.3) is 11.1 Å². The number of aliphatic imine (C=N–C) groups is 1. The van der Waals surface area contributed by atoms with E-state index in [0.29, 0.717) is 24.9 Å². The Hall–Kier alpha value is -4.49. The van der Waals surface area contributed by atoms with E-state index in [0.717, 1.165) is 39.1 Å².